The number of fused-ring (bicyclic) bond motifs is 1. The highest BCUT2D eigenvalue weighted by Crippen LogP contribution is 2.26. The highest BCUT2D eigenvalue weighted by atomic mass is 16.5. The van der Waals surface area contributed by atoms with Gasteiger partial charge in [-0.2, -0.15) is 0 Å². The van der Waals surface area contributed by atoms with Crippen LogP contribution < -0.4 is 14.8 Å². The van der Waals surface area contributed by atoms with Gasteiger partial charge in [-0.25, -0.2) is 4.98 Å². The van der Waals surface area contributed by atoms with E-state index in [4.69, 9.17) is 14.5 Å². The second-order valence-corrected chi connectivity index (χ2v) is 8.35. The molecule has 0 fully saturated rings. The first-order valence-corrected chi connectivity index (χ1v) is 11.6. The number of carbonyl (C=O) groups excluding carboxylic acids is 1. The second kappa shape index (κ2) is 10.9. The van der Waals surface area contributed by atoms with Crippen LogP contribution in [0.5, 0.6) is 11.5 Å². The number of hydrogen-bond acceptors (Lipinski definition) is 4. The van der Waals surface area contributed by atoms with Gasteiger partial charge in [0.2, 0.25) is 0 Å². The first-order chi connectivity index (χ1) is 16.6. The van der Waals surface area contributed by atoms with E-state index in [0.29, 0.717) is 25.1 Å². The third-order valence-electron chi connectivity index (χ3n) is 5.85. The van der Waals surface area contributed by atoms with Gasteiger partial charge in [-0.3, -0.25) is 4.79 Å². The van der Waals surface area contributed by atoms with Crippen molar-refractivity contribution in [2.45, 2.75) is 33.2 Å². The molecule has 6 heteroatoms. The Kier molecular flexibility index (Phi) is 7.48. The van der Waals surface area contributed by atoms with Gasteiger partial charge in [-0.1, -0.05) is 42.0 Å². The minimum atomic E-state index is -0.0506. The molecule has 3 aromatic carbocycles. The van der Waals surface area contributed by atoms with E-state index >= 15 is 0 Å². The van der Waals surface area contributed by atoms with Gasteiger partial charge < -0.3 is 19.4 Å². The average molecular weight is 458 g/mol. The molecule has 6 nitrogen and oxygen atoms in total. The van der Waals surface area contributed by atoms with E-state index < -0.39 is 0 Å². The van der Waals surface area contributed by atoms with E-state index in [0.717, 1.165) is 52.4 Å². The molecule has 0 unspecified atom stereocenters. The first kappa shape index (κ1) is 23.4. The molecule has 0 atom stereocenters. The number of aryl methyl sites for hydroxylation is 3. The summed E-state index contributed by atoms with van der Waals surface area (Å²) >= 11 is 0. The summed E-state index contributed by atoms with van der Waals surface area (Å²) in [7, 11) is 1.64. The number of methoxy groups -OCH3 is 1. The lowest BCUT2D eigenvalue weighted by Crippen LogP contribution is -2.27. The number of nitrogens with one attached hydrogen (secondary N) is 1. The van der Waals surface area contributed by atoms with Crippen molar-refractivity contribution in [2.24, 2.45) is 0 Å². The summed E-state index contributed by atoms with van der Waals surface area (Å²) in [4.78, 5) is 17.5. The monoisotopic (exact) mass is 457 g/mol. The molecule has 176 valence electrons. The summed E-state index contributed by atoms with van der Waals surface area (Å²) in [5.74, 6) is 2.38. The summed E-state index contributed by atoms with van der Waals surface area (Å²) < 4.78 is 13.5. The smallest absolute Gasteiger partial charge is 0.251 e. The highest BCUT2D eigenvalue weighted by Gasteiger charge is 2.13. The lowest BCUT2D eigenvalue weighted by Gasteiger charge is -2.13. The number of ether oxygens (including phenoxy) is 2. The largest absolute Gasteiger partial charge is 0.493 e. The molecule has 0 aliphatic rings. The third-order valence-corrected chi connectivity index (χ3v) is 5.85. The van der Waals surface area contributed by atoms with E-state index in [1.54, 1.807) is 7.11 Å². The van der Waals surface area contributed by atoms with E-state index in [1.807, 2.05) is 74.5 Å². The number of aromatic nitrogens is 2. The Bertz CT molecular complexity index is 1280. The number of rotatable bonds is 10. The van der Waals surface area contributed by atoms with Crippen LogP contribution in [0.15, 0.2) is 66.7 Å². The number of imidazole rings is 1. The summed E-state index contributed by atoms with van der Waals surface area (Å²) in [5.41, 5.74) is 4.91. The molecule has 0 bridgehead atoms. The topological polar surface area (TPSA) is 65.4 Å². The highest BCUT2D eigenvalue weighted by molar-refractivity contribution is 5.95. The van der Waals surface area contributed by atoms with Crippen molar-refractivity contribution in [2.75, 3.05) is 20.3 Å². The van der Waals surface area contributed by atoms with Crippen LogP contribution in [0.1, 0.15) is 33.7 Å². The van der Waals surface area contributed by atoms with Crippen LogP contribution in [0.4, 0.5) is 0 Å². The van der Waals surface area contributed by atoms with Crippen LogP contribution in [-0.2, 0) is 13.0 Å². The Hall–Kier alpha value is -3.80. The summed E-state index contributed by atoms with van der Waals surface area (Å²) in [6.07, 6.45) is 1.47. The SMILES string of the molecule is COc1ccccc1OCCCn1c(CCNC(=O)c2ccc(C)cc2C)nc2ccccc21. The molecule has 4 rings (SSSR count). The van der Waals surface area contributed by atoms with Crippen LogP contribution in [0.3, 0.4) is 0 Å². The van der Waals surface area contributed by atoms with Crippen molar-refractivity contribution in [3.8, 4) is 11.5 Å². The fourth-order valence-corrected chi connectivity index (χ4v) is 4.16. The second-order valence-electron chi connectivity index (χ2n) is 8.35. The van der Waals surface area contributed by atoms with Gasteiger partial charge in [0, 0.05) is 25.1 Å². The predicted octanol–water partition coefficient (Wildman–Crippen LogP) is 5.10. The maximum absolute atomic E-state index is 12.7. The molecule has 0 saturated carbocycles. The molecule has 0 aliphatic heterocycles. The van der Waals surface area contributed by atoms with Crippen LogP contribution in [0.2, 0.25) is 0 Å². The molecule has 4 aromatic rings. The first-order valence-electron chi connectivity index (χ1n) is 11.6. The molecule has 0 spiro atoms. The Labute approximate surface area is 200 Å². The minimum absolute atomic E-state index is 0.0506. The number of amides is 1. The standard InChI is InChI=1S/C28H31N3O3/c1-20-13-14-22(21(2)19-20)28(32)29-16-15-27-30-23-9-4-5-10-24(23)31(27)17-8-18-34-26-12-7-6-11-25(26)33-3/h4-7,9-14,19H,8,15-18H2,1-3H3,(H,29,32). The maximum atomic E-state index is 12.7. The number of benzene rings is 3. The lowest BCUT2D eigenvalue weighted by molar-refractivity contribution is 0.0953. The Balaban J connectivity index is 1.39. The minimum Gasteiger partial charge on any atom is -0.493 e. The molecular formula is C28H31N3O3. The number of carbonyl (C=O) groups is 1. The summed E-state index contributed by atoms with van der Waals surface area (Å²) in [5, 5.41) is 3.05. The third kappa shape index (κ3) is 5.39. The van der Waals surface area contributed by atoms with Crippen molar-refractivity contribution in [1.82, 2.24) is 14.9 Å². The van der Waals surface area contributed by atoms with Gasteiger partial charge in [-0.05, 0) is 56.2 Å². The zero-order valence-corrected chi connectivity index (χ0v) is 20.0. The zero-order chi connectivity index (χ0) is 23.9. The van der Waals surface area contributed by atoms with Gasteiger partial charge in [0.1, 0.15) is 5.82 Å². The van der Waals surface area contributed by atoms with Gasteiger partial charge in [0.25, 0.3) is 5.91 Å². The number of nitrogens with zero attached hydrogens (tertiary/aromatic N) is 2. The van der Waals surface area contributed by atoms with E-state index in [2.05, 4.69) is 16.0 Å². The van der Waals surface area contributed by atoms with E-state index in [-0.39, 0.29) is 5.91 Å². The fourth-order valence-electron chi connectivity index (χ4n) is 4.16. The Morgan fingerprint density at radius 1 is 1.00 bits per heavy atom. The van der Waals surface area contributed by atoms with E-state index in [9.17, 15) is 4.79 Å². The summed E-state index contributed by atoms with van der Waals surface area (Å²) in [6.45, 7) is 5.86. The molecular weight excluding hydrogens is 426 g/mol. The van der Waals surface area contributed by atoms with Crippen molar-refractivity contribution in [3.63, 3.8) is 0 Å². The molecule has 0 radical (unpaired) electrons. The van der Waals surface area contributed by atoms with Crippen LogP contribution in [0.25, 0.3) is 11.0 Å². The quantitative estimate of drug-likeness (QED) is 0.336. The molecule has 1 N–H and O–H groups in total. The molecule has 1 heterocycles. The van der Waals surface area contributed by atoms with Gasteiger partial charge in [0.05, 0.1) is 24.8 Å². The Morgan fingerprint density at radius 3 is 2.56 bits per heavy atom. The average Bonchev–Trinajstić information content (AvgIpc) is 3.19. The Morgan fingerprint density at radius 2 is 1.76 bits per heavy atom. The zero-order valence-electron chi connectivity index (χ0n) is 20.0. The van der Waals surface area contributed by atoms with Crippen molar-refractivity contribution >= 4 is 16.9 Å². The molecule has 0 aliphatic carbocycles. The molecule has 0 saturated heterocycles. The number of para-hydroxylation sites is 4. The van der Waals surface area contributed by atoms with E-state index in [1.165, 1.54) is 0 Å². The normalized spacial score (nSPS) is 10.9. The summed E-state index contributed by atoms with van der Waals surface area (Å²) in [6, 6.07) is 21.7. The van der Waals surface area contributed by atoms with Crippen molar-refractivity contribution < 1.29 is 14.3 Å². The van der Waals surface area contributed by atoms with Crippen LogP contribution in [-0.4, -0.2) is 35.7 Å². The number of hydrogen-bond donors (Lipinski definition) is 1. The van der Waals surface area contributed by atoms with Crippen molar-refractivity contribution in [1.29, 1.82) is 0 Å². The fraction of sp³-hybridized carbons (Fsp3) is 0.286. The van der Waals surface area contributed by atoms with Gasteiger partial charge in [-0.15, -0.1) is 0 Å². The van der Waals surface area contributed by atoms with Crippen LogP contribution in [0, 0.1) is 13.8 Å². The molecule has 34 heavy (non-hydrogen) atoms. The molecule has 1 aromatic heterocycles. The molecule has 1 amide bonds. The van der Waals surface area contributed by atoms with Crippen molar-refractivity contribution in [3.05, 3.63) is 89.2 Å². The predicted molar refractivity (Wildman–Crippen MR) is 135 cm³/mol. The van der Waals surface area contributed by atoms with Gasteiger partial charge in [0.15, 0.2) is 11.5 Å². The van der Waals surface area contributed by atoms with Crippen LogP contribution >= 0.6 is 0 Å². The van der Waals surface area contributed by atoms with Gasteiger partial charge >= 0.3 is 0 Å². The lowest BCUT2D eigenvalue weighted by atomic mass is 10.1. The maximum Gasteiger partial charge on any atom is 0.251 e.